The first-order valence-corrected chi connectivity index (χ1v) is 7.98. The van der Waals surface area contributed by atoms with E-state index < -0.39 is 11.4 Å². The summed E-state index contributed by atoms with van der Waals surface area (Å²) in [5, 5.41) is 0.188. The van der Waals surface area contributed by atoms with Crippen LogP contribution < -0.4 is 4.74 Å². The van der Waals surface area contributed by atoms with Gasteiger partial charge in [-0.05, 0) is 32.0 Å². The van der Waals surface area contributed by atoms with Gasteiger partial charge in [-0.3, -0.25) is 4.98 Å². The number of aromatic nitrogens is 3. The number of rotatable bonds is 1. The Hall–Kier alpha value is -2.84. The molecule has 1 aliphatic rings. The number of nitrogens with zero attached hydrogens (tertiary/aromatic N) is 2. The zero-order valence-electron chi connectivity index (χ0n) is 13.5. The molecule has 3 aromatic rings. The van der Waals surface area contributed by atoms with Crippen molar-refractivity contribution in [2.75, 3.05) is 0 Å². The molecule has 0 spiro atoms. The lowest BCUT2D eigenvalue weighted by Crippen LogP contribution is -2.29. The molecule has 0 saturated carbocycles. The van der Waals surface area contributed by atoms with Gasteiger partial charge in [-0.25, -0.2) is 9.37 Å². The van der Waals surface area contributed by atoms with E-state index in [1.807, 2.05) is 26.0 Å². The minimum Gasteiger partial charge on any atom is -0.481 e. The third-order valence-electron chi connectivity index (χ3n) is 4.16. The first-order chi connectivity index (χ1) is 11.9. The van der Waals surface area contributed by atoms with E-state index in [0.717, 1.165) is 23.0 Å². The van der Waals surface area contributed by atoms with Crippen molar-refractivity contribution in [1.82, 2.24) is 15.0 Å². The van der Waals surface area contributed by atoms with Crippen LogP contribution in [0.5, 0.6) is 5.75 Å². The van der Waals surface area contributed by atoms with Gasteiger partial charge in [-0.2, -0.15) is 0 Å². The standard InChI is InChI=1S/C19H13ClFN3O/c1-4-10-5-6-11-14(7-10)25-19(2,3)17-16(11)23-18(24-17)15-12(20)8-22-9-13(15)21/h1,5-9H,2-3H3,(H,23,24). The number of terminal acetylenes is 1. The van der Waals surface area contributed by atoms with Gasteiger partial charge in [0.15, 0.2) is 5.82 Å². The highest BCUT2D eigenvalue weighted by molar-refractivity contribution is 6.33. The lowest BCUT2D eigenvalue weighted by Gasteiger charge is -2.31. The maximum Gasteiger partial charge on any atom is 0.153 e. The smallest absolute Gasteiger partial charge is 0.153 e. The van der Waals surface area contributed by atoms with Crippen LogP contribution in [-0.2, 0) is 5.60 Å². The van der Waals surface area contributed by atoms with Gasteiger partial charge < -0.3 is 9.72 Å². The van der Waals surface area contributed by atoms with E-state index in [1.54, 1.807) is 6.07 Å². The third kappa shape index (κ3) is 2.38. The monoisotopic (exact) mass is 353 g/mol. The Kier molecular flexibility index (Phi) is 3.34. The summed E-state index contributed by atoms with van der Waals surface area (Å²) in [5.74, 6) is 3.03. The van der Waals surface area contributed by atoms with Crippen molar-refractivity contribution < 1.29 is 9.13 Å². The average Bonchev–Trinajstić information content (AvgIpc) is 3.00. The average molecular weight is 354 g/mol. The summed E-state index contributed by atoms with van der Waals surface area (Å²) in [6.07, 6.45) is 7.96. The van der Waals surface area contributed by atoms with E-state index in [1.165, 1.54) is 6.20 Å². The van der Waals surface area contributed by atoms with Gasteiger partial charge in [0.25, 0.3) is 0 Å². The first-order valence-electron chi connectivity index (χ1n) is 7.60. The van der Waals surface area contributed by atoms with Gasteiger partial charge in [0.05, 0.1) is 28.2 Å². The molecular weight excluding hydrogens is 341 g/mol. The molecule has 4 rings (SSSR count). The van der Waals surface area contributed by atoms with Gasteiger partial charge in [0.1, 0.15) is 17.2 Å². The molecule has 4 nitrogen and oxygen atoms in total. The SMILES string of the molecule is C#Cc1ccc2c(c1)OC(C)(C)c1[nH]c(-c3c(F)cncc3Cl)nc1-2. The van der Waals surface area contributed by atoms with Crippen molar-refractivity contribution in [3.63, 3.8) is 0 Å². The number of nitrogens with one attached hydrogen (secondary N) is 1. The minimum atomic E-state index is -0.684. The number of aromatic amines is 1. The predicted molar refractivity (Wildman–Crippen MR) is 93.8 cm³/mol. The Morgan fingerprint density at radius 3 is 2.84 bits per heavy atom. The van der Waals surface area contributed by atoms with Crippen LogP contribution >= 0.6 is 11.6 Å². The molecule has 1 N–H and O–H groups in total. The van der Waals surface area contributed by atoms with E-state index in [4.69, 9.17) is 22.8 Å². The van der Waals surface area contributed by atoms with Crippen LogP contribution in [0.1, 0.15) is 25.1 Å². The number of hydrogen-bond donors (Lipinski definition) is 1. The van der Waals surface area contributed by atoms with Crippen molar-refractivity contribution in [1.29, 1.82) is 0 Å². The number of hydrogen-bond acceptors (Lipinski definition) is 3. The number of halogens is 2. The van der Waals surface area contributed by atoms with Crippen LogP contribution in [0, 0.1) is 18.2 Å². The lowest BCUT2D eigenvalue weighted by molar-refractivity contribution is 0.101. The fraction of sp³-hybridized carbons (Fsp3) is 0.158. The molecule has 124 valence electrons. The molecule has 0 radical (unpaired) electrons. The normalized spacial score (nSPS) is 14.2. The number of fused-ring (bicyclic) bond motifs is 3. The third-order valence-corrected chi connectivity index (χ3v) is 4.45. The molecule has 0 aliphatic carbocycles. The van der Waals surface area contributed by atoms with E-state index in [-0.39, 0.29) is 10.6 Å². The van der Waals surface area contributed by atoms with Crippen LogP contribution in [0.3, 0.4) is 0 Å². The summed E-state index contributed by atoms with van der Waals surface area (Å²) in [6.45, 7) is 3.81. The van der Waals surface area contributed by atoms with Crippen LogP contribution in [-0.4, -0.2) is 15.0 Å². The summed E-state index contributed by atoms with van der Waals surface area (Å²) < 4.78 is 20.3. The molecule has 1 aromatic carbocycles. The largest absolute Gasteiger partial charge is 0.481 e. The van der Waals surface area contributed by atoms with Crippen LogP contribution in [0.4, 0.5) is 4.39 Å². The van der Waals surface area contributed by atoms with Crippen molar-refractivity contribution in [3.05, 3.63) is 52.7 Å². The fourth-order valence-corrected chi connectivity index (χ4v) is 3.21. The molecule has 6 heteroatoms. The maximum absolute atomic E-state index is 14.2. The highest BCUT2D eigenvalue weighted by Crippen LogP contribution is 2.45. The van der Waals surface area contributed by atoms with Crippen molar-refractivity contribution in [2.45, 2.75) is 19.4 Å². The van der Waals surface area contributed by atoms with Crippen LogP contribution in [0.2, 0.25) is 5.02 Å². The van der Waals surface area contributed by atoms with Crippen molar-refractivity contribution >= 4 is 11.6 Å². The topological polar surface area (TPSA) is 50.8 Å². The Balaban J connectivity index is 1.96. The van der Waals surface area contributed by atoms with Crippen molar-refractivity contribution in [2.24, 2.45) is 0 Å². The number of imidazole rings is 1. The Morgan fingerprint density at radius 1 is 1.32 bits per heavy atom. The second-order valence-electron chi connectivity index (χ2n) is 6.25. The molecule has 3 heterocycles. The minimum absolute atomic E-state index is 0.184. The predicted octanol–water partition coefficient (Wildman–Crippen LogP) is 4.54. The number of benzene rings is 1. The molecule has 0 fully saturated rings. The van der Waals surface area contributed by atoms with Gasteiger partial charge in [-0.15, -0.1) is 6.42 Å². The zero-order valence-corrected chi connectivity index (χ0v) is 14.3. The summed E-state index contributed by atoms with van der Waals surface area (Å²) in [5.41, 5.74) is 2.45. The molecule has 0 amide bonds. The second-order valence-corrected chi connectivity index (χ2v) is 6.66. The maximum atomic E-state index is 14.2. The molecule has 25 heavy (non-hydrogen) atoms. The summed E-state index contributed by atoms with van der Waals surface area (Å²) in [4.78, 5) is 11.5. The molecule has 2 aromatic heterocycles. The van der Waals surface area contributed by atoms with E-state index >= 15 is 0 Å². The van der Waals surface area contributed by atoms with E-state index in [2.05, 4.69) is 20.9 Å². The molecule has 0 atom stereocenters. The van der Waals surface area contributed by atoms with E-state index in [9.17, 15) is 4.39 Å². The summed E-state index contributed by atoms with van der Waals surface area (Å²) in [6, 6.07) is 5.47. The quantitative estimate of drug-likeness (QED) is 0.653. The highest BCUT2D eigenvalue weighted by atomic mass is 35.5. The molecule has 0 bridgehead atoms. The van der Waals surface area contributed by atoms with Gasteiger partial charge in [0.2, 0.25) is 0 Å². The highest BCUT2D eigenvalue weighted by Gasteiger charge is 2.36. The van der Waals surface area contributed by atoms with Gasteiger partial charge in [-0.1, -0.05) is 17.5 Å². The summed E-state index contributed by atoms with van der Waals surface area (Å²) >= 11 is 6.12. The molecule has 1 aliphatic heterocycles. The van der Waals surface area contributed by atoms with E-state index in [0.29, 0.717) is 17.3 Å². The van der Waals surface area contributed by atoms with Gasteiger partial charge in [0, 0.05) is 17.3 Å². The number of H-pyrrole nitrogens is 1. The molecule has 0 saturated heterocycles. The Bertz CT molecular complexity index is 1030. The molecular formula is C19H13ClFN3O. The first kappa shape index (κ1) is 15.7. The van der Waals surface area contributed by atoms with Crippen LogP contribution in [0.25, 0.3) is 22.6 Å². The Labute approximate surface area is 149 Å². The summed E-state index contributed by atoms with van der Waals surface area (Å²) in [7, 11) is 0. The zero-order chi connectivity index (χ0) is 17.8. The second kappa shape index (κ2) is 5.33. The van der Waals surface area contributed by atoms with Crippen molar-refractivity contribution in [3.8, 4) is 40.7 Å². The Morgan fingerprint density at radius 2 is 2.12 bits per heavy atom. The van der Waals surface area contributed by atoms with Crippen LogP contribution in [0.15, 0.2) is 30.6 Å². The lowest BCUT2D eigenvalue weighted by atomic mass is 9.94. The fourth-order valence-electron chi connectivity index (χ4n) is 2.98. The van der Waals surface area contributed by atoms with Gasteiger partial charge >= 0.3 is 0 Å². The number of pyridine rings is 1. The molecule has 0 unspecified atom stereocenters. The number of ether oxygens (including phenoxy) is 1.